The van der Waals surface area contributed by atoms with Gasteiger partial charge in [-0.05, 0) is 31.2 Å². The first-order chi connectivity index (χ1) is 10.7. The Labute approximate surface area is 131 Å². The van der Waals surface area contributed by atoms with Crippen molar-refractivity contribution in [3.05, 3.63) is 54.6 Å². The molecule has 0 aliphatic rings. The molecular weight excluding hydrogens is 276 g/mol. The smallest absolute Gasteiger partial charge is 0.226 e. The first kappa shape index (κ1) is 15.9. The predicted octanol–water partition coefficient (Wildman–Crippen LogP) is 3.55. The zero-order chi connectivity index (χ0) is 15.8. The highest BCUT2D eigenvalue weighted by molar-refractivity contribution is 5.91. The lowest BCUT2D eigenvalue weighted by atomic mass is 10.2. The van der Waals surface area contributed by atoms with Crippen LogP contribution in [0.25, 0.3) is 0 Å². The van der Waals surface area contributed by atoms with Crippen LogP contribution >= 0.6 is 0 Å². The Morgan fingerprint density at radius 2 is 1.91 bits per heavy atom. The number of nitrogens with zero attached hydrogens (tertiary/aromatic N) is 1. The lowest BCUT2D eigenvalue weighted by Crippen LogP contribution is -2.27. The Kier molecular flexibility index (Phi) is 5.83. The van der Waals surface area contributed by atoms with Crippen molar-refractivity contribution in [1.82, 2.24) is 0 Å². The maximum Gasteiger partial charge on any atom is 0.226 e. The van der Waals surface area contributed by atoms with E-state index < -0.39 is 0 Å². The standard InChI is InChI=1S/C18H22N2O2/c1-3-20(16-9-5-4-6-10-16)13-12-18(21)19-15-8-7-11-17(14-15)22-2/h4-11,14H,3,12-13H2,1-2H3,(H,19,21). The summed E-state index contributed by atoms with van der Waals surface area (Å²) in [5.41, 5.74) is 1.89. The van der Waals surface area contributed by atoms with E-state index in [1.54, 1.807) is 7.11 Å². The van der Waals surface area contributed by atoms with Crippen LogP contribution in [0.15, 0.2) is 54.6 Å². The Morgan fingerprint density at radius 1 is 1.14 bits per heavy atom. The second-order valence-electron chi connectivity index (χ2n) is 4.95. The number of carbonyl (C=O) groups excluding carboxylic acids is 1. The molecule has 2 aromatic rings. The Morgan fingerprint density at radius 3 is 2.59 bits per heavy atom. The third-order valence-corrected chi connectivity index (χ3v) is 3.47. The molecular formula is C18H22N2O2. The van der Waals surface area contributed by atoms with E-state index in [4.69, 9.17) is 4.74 Å². The van der Waals surface area contributed by atoms with Crippen LogP contribution < -0.4 is 15.0 Å². The van der Waals surface area contributed by atoms with Gasteiger partial charge < -0.3 is 15.0 Å². The van der Waals surface area contributed by atoms with E-state index in [-0.39, 0.29) is 5.91 Å². The lowest BCUT2D eigenvalue weighted by molar-refractivity contribution is -0.116. The number of carbonyl (C=O) groups is 1. The largest absolute Gasteiger partial charge is 0.497 e. The monoisotopic (exact) mass is 298 g/mol. The molecule has 0 saturated carbocycles. The number of methoxy groups -OCH3 is 1. The van der Waals surface area contributed by atoms with Gasteiger partial charge in [0.1, 0.15) is 5.75 Å². The van der Waals surface area contributed by atoms with E-state index in [2.05, 4.69) is 29.3 Å². The molecule has 2 rings (SSSR count). The number of amides is 1. The number of hydrogen-bond acceptors (Lipinski definition) is 3. The van der Waals surface area contributed by atoms with Crippen molar-refractivity contribution in [2.45, 2.75) is 13.3 Å². The summed E-state index contributed by atoms with van der Waals surface area (Å²) < 4.78 is 5.15. The van der Waals surface area contributed by atoms with Crippen molar-refractivity contribution in [3.8, 4) is 5.75 Å². The van der Waals surface area contributed by atoms with Crippen molar-refractivity contribution < 1.29 is 9.53 Å². The van der Waals surface area contributed by atoms with E-state index in [1.807, 2.05) is 42.5 Å². The SMILES string of the molecule is CCN(CCC(=O)Nc1cccc(OC)c1)c1ccccc1. The summed E-state index contributed by atoms with van der Waals surface area (Å²) >= 11 is 0. The first-order valence-corrected chi connectivity index (χ1v) is 7.47. The fourth-order valence-electron chi connectivity index (χ4n) is 2.27. The van der Waals surface area contributed by atoms with E-state index >= 15 is 0 Å². The zero-order valence-electron chi connectivity index (χ0n) is 13.1. The summed E-state index contributed by atoms with van der Waals surface area (Å²) in [6.07, 6.45) is 0.444. The second-order valence-corrected chi connectivity index (χ2v) is 4.95. The van der Waals surface area contributed by atoms with Crippen molar-refractivity contribution >= 4 is 17.3 Å². The highest BCUT2D eigenvalue weighted by atomic mass is 16.5. The molecule has 1 amide bonds. The van der Waals surface area contributed by atoms with Crippen LogP contribution in [0.1, 0.15) is 13.3 Å². The van der Waals surface area contributed by atoms with Crippen molar-refractivity contribution in [1.29, 1.82) is 0 Å². The Hall–Kier alpha value is -2.49. The predicted molar refractivity (Wildman–Crippen MR) is 90.6 cm³/mol. The summed E-state index contributed by atoms with van der Waals surface area (Å²) in [7, 11) is 1.61. The van der Waals surface area contributed by atoms with Crippen LogP contribution in [0.2, 0.25) is 0 Å². The molecule has 116 valence electrons. The maximum absolute atomic E-state index is 12.1. The van der Waals surface area contributed by atoms with Crippen molar-refractivity contribution in [2.75, 3.05) is 30.4 Å². The molecule has 0 bridgehead atoms. The van der Waals surface area contributed by atoms with Gasteiger partial charge in [-0.3, -0.25) is 4.79 Å². The van der Waals surface area contributed by atoms with Gasteiger partial charge in [-0.1, -0.05) is 24.3 Å². The minimum absolute atomic E-state index is 0.00244. The third kappa shape index (κ3) is 4.52. The average Bonchev–Trinajstić information content (AvgIpc) is 2.56. The lowest BCUT2D eigenvalue weighted by Gasteiger charge is -2.22. The van der Waals surface area contributed by atoms with Crippen molar-refractivity contribution in [3.63, 3.8) is 0 Å². The normalized spacial score (nSPS) is 10.1. The van der Waals surface area contributed by atoms with Gasteiger partial charge in [0.2, 0.25) is 5.91 Å². The molecule has 0 aromatic heterocycles. The molecule has 0 aliphatic carbocycles. The van der Waals surface area contributed by atoms with Crippen LogP contribution in [0.4, 0.5) is 11.4 Å². The molecule has 0 heterocycles. The number of benzene rings is 2. The number of nitrogens with one attached hydrogen (secondary N) is 1. The van der Waals surface area contributed by atoms with Crippen LogP contribution in [-0.2, 0) is 4.79 Å². The summed E-state index contributed by atoms with van der Waals surface area (Å²) in [6, 6.07) is 17.5. The quantitative estimate of drug-likeness (QED) is 0.850. The molecule has 0 radical (unpaired) electrons. The molecule has 0 fully saturated rings. The minimum atomic E-state index is 0.00244. The maximum atomic E-state index is 12.1. The van der Waals surface area contributed by atoms with E-state index in [1.165, 1.54) is 0 Å². The molecule has 0 saturated heterocycles. The topological polar surface area (TPSA) is 41.6 Å². The van der Waals surface area contributed by atoms with E-state index in [0.29, 0.717) is 13.0 Å². The molecule has 22 heavy (non-hydrogen) atoms. The number of hydrogen-bond donors (Lipinski definition) is 1. The molecule has 1 N–H and O–H groups in total. The fraction of sp³-hybridized carbons (Fsp3) is 0.278. The summed E-state index contributed by atoms with van der Waals surface area (Å²) in [4.78, 5) is 14.3. The number of anilines is 2. The van der Waals surface area contributed by atoms with Crippen LogP contribution in [0.3, 0.4) is 0 Å². The van der Waals surface area contributed by atoms with Gasteiger partial charge in [0.25, 0.3) is 0 Å². The van der Waals surface area contributed by atoms with Gasteiger partial charge in [0.05, 0.1) is 7.11 Å². The van der Waals surface area contributed by atoms with Gasteiger partial charge in [-0.2, -0.15) is 0 Å². The molecule has 0 atom stereocenters. The summed E-state index contributed by atoms with van der Waals surface area (Å²) in [5.74, 6) is 0.736. The van der Waals surface area contributed by atoms with Crippen LogP contribution in [-0.4, -0.2) is 26.1 Å². The van der Waals surface area contributed by atoms with E-state index in [0.717, 1.165) is 23.7 Å². The number of para-hydroxylation sites is 1. The Balaban J connectivity index is 1.89. The highest BCUT2D eigenvalue weighted by Gasteiger charge is 2.08. The molecule has 0 aliphatic heterocycles. The third-order valence-electron chi connectivity index (χ3n) is 3.47. The van der Waals surface area contributed by atoms with Gasteiger partial charge >= 0.3 is 0 Å². The summed E-state index contributed by atoms with van der Waals surface area (Å²) in [6.45, 7) is 3.65. The molecule has 4 heteroatoms. The molecule has 0 unspecified atom stereocenters. The second kappa shape index (κ2) is 8.08. The Bertz CT molecular complexity index is 599. The fourth-order valence-corrected chi connectivity index (χ4v) is 2.27. The van der Waals surface area contributed by atoms with E-state index in [9.17, 15) is 4.79 Å². The number of rotatable bonds is 7. The average molecular weight is 298 g/mol. The molecule has 0 spiro atoms. The first-order valence-electron chi connectivity index (χ1n) is 7.47. The zero-order valence-corrected chi connectivity index (χ0v) is 13.1. The van der Waals surface area contributed by atoms with Gasteiger partial charge in [0, 0.05) is 37.0 Å². The summed E-state index contributed by atoms with van der Waals surface area (Å²) in [5, 5.41) is 2.90. The highest BCUT2D eigenvalue weighted by Crippen LogP contribution is 2.17. The van der Waals surface area contributed by atoms with Gasteiger partial charge in [0.15, 0.2) is 0 Å². The van der Waals surface area contributed by atoms with Crippen molar-refractivity contribution in [2.24, 2.45) is 0 Å². The minimum Gasteiger partial charge on any atom is -0.497 e. The molecule has 4 nitrogen and oxygen atoms in total. The van der Waals surface area contributed by atoms with Gasteiger partial charge in [-0.25, -0.2) is 0 Å². The van der Waals surface area contributed by atoms with Crippen LogP contribution in [0.5, 0.6) is 5.75 Å². The number of ether oxygens (including phenoxy) is 1. The molecule has 2 aromatic carbocycles. The van der Waals surface area contributed by atoms with Crippen LogP contribution in [0, 0.1) is 0 Å². The van der Waals surface area contributed by atoms with Gasteiger partial charge in [-0.15, -0.1) is 0 Å².